The van der Waals surface area contributed by atoms with Crippen LogP contribution in [0.1, 0.15) is 32.8 Å². The Labute approximate surface area is 124 Å². The Morgan fingerprint density at radius 3 is 2.30 bits per heavy atom. The van der Waals surface area contributed by atoms with E-state index in [2.05, 4.69) is 50.0 Å². The molecule has 1 unspecified atom stereocenters. The average molecular weight is 278 g/mol. The standard InChI is InChI=1S/C17H30N2O/c1-5-16(14-18-12-13-19(6-2)7-3)20-17-10-8-15(4)9-11-17/h8-11,16,18H,5-7,12-14H2,1-4H3. The smallest absolute Gasteiger partial charge is 0.119 e. The minimum absolute atomic E-state index is 0.245. The van der Waals surface area contributed by atoms with Crippen molar-refractivity contribution in [3.8, 4) is 5.75 Å². The van der Waals surface area contributed by atoms with Gasteiger partial charge < -0.3 is 15.0 Å². The third-order valence-electron chi connectivity index (χ3n) is 3.65. The normalized spacial score (nSPS) is 12.7. The molecule has 1 aromatic rings. The summed E-state index contributed by atoms with van der Waals surface area (Å²) < 4.78 is 6.00. The molecule has 0 bridgehead atoms. The van der Waals surface area contributed by atoms with Gasteiger partial charge in [0, 0.05) is 19.6 Å². The summed E-state index contributed by atoms with van der Waals surface area (Å²) in [7, 11) is 0. The molecule has 0 spiro atoms. The van der Waals surface area contributed by atoms with Gasteiger partial charge in [-0.2, -0.15) is 0 Å². The maximum absolute atomic E-state index is 6.00. The summed E-state index contributed by atoms with van der Waals surface area (Å²) in [4.78, 5) is 2.43. The van der Waals surface area contributed by atoms with Gasteiger partial charge >= 0.3 is 0 Å². The van der Waals surface area contributed by atoms with Gasteiger partial charge in [0.15, 0.2) is 0 Å². The summed E-state index contributed by atoms with van der Waals surface area (Å²) in [5.41, 5.74) is 1.27. The van der Waals surface area contributed by atoms with E-state index < -0.39 is 0 Å². The highest BCUT2D eigenvalue weighted by Crippen LogP contribution is 2.14. The Balaban J connectivity index is 2.27. The minimum atomic E-state index is 0.245. The number of ether oxygens (including phenoxy) is 1. The van der Waals surface area contributed by atoms with E-state index in [4.69, 9.17) is 4.74 Å². The van der Waals surface area contributed by atoms with Crippen molar-refractivity contribution in [2.24, 2.45) is 0 Å². The maximum Gasteiger partial charge on any atom is 0.119 e. The topological polar surface area (TPSA) is 24.5 Å². The predicted molar refractivity (Wildman–Crippen MR) is 86.5 cm³/mol. The van der Waals surface area contributed by atoms with Crippen LogP contribution in [-0.2, 0) is 0 Å². The van der Waals surface area contributed by atoms with Crippen molar-refractivity contribution in [2.75, 3.05) is 32.7 Å². The summed E-state index contributed by atoms with van der Waals surface area (Å²) in [5.74, 6) is 0.966. The molecule has 114 valence electrons. The van der Waals surface area contributed by atoms with E-state index in [0.29, 0.717) is 0 Å². The molecule has 0 fully saturated rings. The van der Waals surface area contributed by atoms with Gasteiger partial charge in [0.2, 0.25) is 0 Å². The number of benzene rings is 1. The largest absolute Gasteiger partial charge is 0.489 e. The fraction of sp³-hybridized carbons (Fsp3) is 0.647. The first-order valence-corrected chi connectivity index (χ1v) is 7.85. The fourth-order valence-electron chi connectivity index (χ4n) is 2.12. The summed E-state index contributed by atoms with van der Waals surface area (Å²) in [6.07, 6.45) is 1.26. The Kier molecular flexibility index (Phi) is 8.31. The van der Waals surface area contributed by atoms with Crippen LogP contribution in [0.25, 0.3) is 0 Å². The molecular formula is C17H30N2O. The minimum Gasteiger partial charge on any atom is -0.489 e. The van der Waals surface area contributed by atoms with Crippen molar-refractivity contribution >= 4 is 0 Å². The first kappa shape index (κ1) is 17.0. The van der Waals surface area contributed by atoms with Gasteiger partial charge in [0.1, 0.15) is 11.9 Å². The van der Waals surface area contributed by atoms with E-state index in [1.807, 2.05) is 12.1 Å². The van der Waals surface area contributed by atoms with Crippen LogP contribution in [0.3, 0.4) is 0 Å². The van der Waals surface area contributed by atoms with Crippen LogP contribution in [0.5, 0.6) is 5.75 Å². The van der Waals surface area contributed by atoms with Crippen molar-refractivity contribution in [1.82, 2.24) is 10.2 Å². The van der Waals surface area contributed by atoms with Gasteiger partial charge in [0.05, 0.1) is 0 Å². The van der Waals surface area contributed by atoms with Gasteiger partial charge in [0.25, 0.3) is 0 Å². The second kappa shape index (κ2) is 9.78. The van der Waals surface area contributed by atoms with Gasteiger partial charge in [-0.1, -0.05) is 38.5 Å². The molecule has 0 saturated carbocycles. The lowest BCUT2D eigenvalue weighted by atomic mass is 10.2. The van der Waals surface area contributed by atoms with Crippen LogP contribution in [0.15, 0.2) is 24.3 Å². The Morgan fingerprint density at radius 1 is 1.10 bits per heavy atom. The maximum atomic E-state index is 6.00. The van der Waals surface area contributed by atoms with Gasteiger partial charge in [-0.25, -0.2) is 0 Å². The highest BCUT2D eigenvalue weighted by Gasteiger charge is 2.08. The van der Waals surface area contributed by atoms with Crippen molar-refractivity contribution in [1.29, 1.82) is 0 Å². The van der Waals surface area contributed by atoms with E-state index >= 15 is 0 Å². The van der Waals surface area contributed by atoms with Crippen LogP contribution < -0.4 is 10.1 Å². The molecular weight excluding hydrogens is 248 g/mol. The summed E-state index contributed by atoms with van der Waals surface area (Å²) in [6.45, 7) is 14.0. The molecule has 1 rings (SSSR count). The van der Waals surface area contributed by atoms with Crippen LogP contribution in [0, 0.1) is 6.92 Å². The summed E-state index contributed by atoms with van der Waals surface area (Å²) in [5, 5.41) is 3.50. The van der Waals surface area contributed by atoms with E-state index in [-0.39, 0.29) is 6.10 Å². The lowest BCUT2D eigenvalue weighted by molar-refractivity contribution is 0.190. The second-order valence-electron chi connectivity index (χ2n) is 5.19. The molecule has 20 heavy (non-hydrogen) atoms. The van der Waals surface area contributed by atoms with Crippen LogP contribution in [-0.4, -0.2) is 43.7 Å². The van der Waals surface area contributed by atoms with Crippen LogP contribution in [0.2, 0.25) is 0 Å². The SMILES string of the molecule is CCC(CNCCN(CC)CC)Oc1ccc(C)cc1. The van der Waals surface area contributed by atoms with E-state index in [1.165, 1.54) is 5.56 Å². The number of likely N-dealkylation sites (N-methyl/N-ethyl adjacent to an activating group) is 1. The molecule has 0 aliphatic heterocycles. The third-order valence-corrected chi connectivity index (χ3v) is 3.65. The molecule has 0 saturated heterocycles. The number of aryl methyl sites for hydroxylation is 1. The van der Waals surface area contributed by atoms with Crippen molar-refractivity contribution in [3.63, 3.8) is 0 Å². The molecule has 0 heterocycles. The zero-order valence-corrected chi connectivity index (χ0v) is 13.5. The molecule has 1 N–H and O–H groups in total. The number of hydrogen-bond donors (Lipinski definition) is 1. The molecule has 3 heteroatoms. The van der Waals surface area contributed by atoms with Crippen molar-refractivity contribution < 1.29 is 4.74 Å². The molecule has 0 radical (unpaired) electrons. The summed E-state index contributed by atoms with van der Waals surface area (Å²) in [6, 6.07) is 8.29. The molecule has 3 nitrogen and oxygen atoms in total. The number of hydrogen-bond acceptors (Lipinski definition) is 3. The highest BCUT2D eigenvalue weighted by molar-refractivity contribution is 5.26. The fourth-order valence-corrected chi connectivity index (χ4v) is 2.12. The van der Waals surface area contributed by atoms with Crippen LogP contribution in [0.4, 0.5) is 0 Å². The lowest BCUT2D eigenvalue weighted by Crippen LogP contribution is -2.37. The first-order chi connectivity index (χ1) is 9.69. The monoisotopic (exact) mass is 278 g/mol. The number of nitrogens with one attached hydrogen (secondary N) is 1. The predicted octanol–water partition coefficient (Wildman–Crippen LogP) is 3.08. The van der Waals surface area contributed by atoms with Gasteiger partial charge in [-0.3, -0.25) is 0 Å². The zero-order valence-electron chi connectivity index (χ0n) is 13.5. The average Bonchev–Trinajstić information content (AvgIpc) is 2.48. The molecule has 0 aromatic heterocycles. The number of nitrogens with zero attached hydrogens (tertiary/aromatic N) is 1. The Hall–Kier alpha value is -1.06. The van der Waals surface area contributed by atoms with Crippen molar-refractivity contribution in [3.05, 3.63) is 29.8 Å². The molecule has 0 amide bonds. The first-order valence-electron chi connectivity index (χ1n) is 7.85. The lowest BCUT2D eigenvalue weighted by Gasteiger charge is -2.21. The van der Waals surface area contributed by atoms with Gasteiger partial charge in [-0.05, 0) is 38.6 Å². The second-order valence-corrected chi connectivity index (χ2v) is 5.19. The summed E-state index contributed by atoms with van der Waals surface area (Å²) >= 11 is 0. The zero-order chi connectivity index (χ0) is 14.8. The highest BCUT2D eigenvalue weighted by atomic mass is 16.5. The van der Waals surface area contributed by atoms with Crippen molar-refractivity contribution in [2.45, 2.75) is 40.2 Å². The Morgan fingerprint density at radius 2 is 1.75 bits per heavy atom. The van der Waals surface area contributed by atoms with E-state index in [9.17, 15) is 0 Å². The van der Waals surface area contributed by atoms with Gasteiger partial charge in [-0.15, -0.1) is 0 Å². The quantitative estimate of drug-likeness (QED) is 0.666. The number of rotatable bonds is 10. The molecule has 1 atom stereocenters. The van der Waals surface area contributed by atoms with Crippen LogP contribution >= 0.6 is 0 Å². The Bertz CT molecular complexity index is 347. The molecule has 0 aliphatic carbocycles. The van der Waals surface area contributed by atoms with E-state index in [1.54, 1.807) is 0 Å². The third kappa shape index (κ3) is 6.40. The molecule has 0 aliphatic rings. The molecule has 1 aromatic carbocycles. The van der Waals surface area contributed by atoms with E-state index in [0.717, 1.165) is 44.9 Å².